The molecule has 0 spiro atoms. The van der Waals surface area contributed by atoms with E-state index < -0.39 is 0 Å². The Bertz CT molecular complexity index is 350. The number of rotatable bonds is 3. The molecule has 1 unspecified atom stereocenters. The molecular weight excluding hydrogens is 267 g/mol. The summed E-state index contributed by atoms with van der Waals surface area (Å²) in [7, 11) is 0. The van der Waals surface area contributed by atoms with Crippen molar-refractivity contribution in [1.82, 2.24) is 0 Å². The first kappa shape index (κ1) is 11.7. The molecule has 0 saturated carbocycles. The molecule has 0 radical (unpaired) electrons. The maximum atomic E-state index is 11.7. The highest BCUT2D eigenvalue weighted by molar-refractivity contribution is 9.10. The number of halogens is 2. The van der Waals surface area contributed by atoms with Gasteiger partial charge in [0.1, 0.15) is 0 Å². The van der Waals surface area contributed by atoms with E-state index in [-0.39, 0.29) is 17.2 Å². The fourth-order valence-corrected chi connectivity index (χ4v) is 1.65. The lowest BCUT2D eigenvalue weighted by Gasteiger charge is -2.09. The third-order valence-electron chi connectivity index (χ3n) is 1.90. The summed E-state index contributed by atoms with van der Waals surface area (Å²) in [5.41, 5.74) is 0.967. The molecule has 76 valence electrons. The van der Waals surface area contributed by atoms with Crippen molar-refractivity contribution in [3.8, 4) is 0 Å². The van der Waals surface area contributed by atoms with Gasteiger partial charge in [-0.25, -0.2) is 0 Å². The molecular formula is C10H10BrClO2. The topological polar surface area (TPSA) is 37.3 Å². The van der Waals surface area contributed by atoms with E-state index in [1.807, 2.05) is 0 Å². The number of Topliss-reactive ketones (excluding diaryl/α,β-unsaturated/α-hetero) is 1. The highest BCUT2D eigenvalue weighted by Gasteiger charge is 2.16. The fourth-order valence-electron chi connectivity index (χ4n) is 1.16. The summed E-state index contributed by atoms with van der Waals surface area (Å²) in [6.45, 7) is 1.52. The Labute approximate surface area is 96.0 Å². The van der Waals surface area contributed by atoms with Crippen LogP contribution in [0.2, 0.25) is 5.02 Å². The number of hydrogen-bond donors (Lipinski definition) is 1. The maximum Gasteiger partial charge on any atom is 0.176 e. The molecule has 4 heteroatoms. The van der Waals surface area contributed by atoms with Crippen LogP contribution in [-0.4, -0.2) is 15.7 Å². The lowest BCUT2D eigenvalue weighted by molar-refractivity contribution is 0.0993. The van der Waals surface area contributed by atoms with Crippen LogP contribution >= 0.6 is 27.5 Å². The molecule has 1 aromatic carbocycles. The lowest BCUT2D eigenvalue weighted by Crippen LogP contribution is -2.12. The molecule has 0 aromatic heterocycles. The minimum atomic E-state index is -0.272. The monoisotopic (exact) mass is 276 g/mol. The minimum absolute atomic E-state index is 0.0726. The van der Waals surface area contributed by atoms with Crippen LogP contribution in [0.4, 0.5) is 0 Å². The van der Waals surface area contributed by atoms with Crippen molar-refractivity contribution in [1.29, 1.82) is 0 Å². The Morgan fingerprint density at radius 1 is 1.64 bits per heavy atom. The molecule has 14 heavy (non-hydrogen) atoms. The van der Waals surface area contributed by atoms with E-state index in [0.717, 1.165) is 0 Å². The predicted molar refractivity (Wildman–Crippen MR) is 60.1 cm³/mol. The number of aliphatic hydroxyl groups is 1. The van der Waals surface area contributed by atoms with Gasteiger partial charge in [-0.05, 0) is 13.0 Å². The molecule has 0 bridgehead atoms. The zero-order chi connectivity index (χ0) is 10.7. The number of benzene rings is 1. The minimum Gasteiger partial charge on any atom is -0.392 e. The molecule has 0 aliphatic rings. The van der Waals surface area contributed by atoms with E-state index in [0.29, 0.717) is 16.1 Å². The number of alkyl halides is 1. The van der Waals surface area contributed by atoms with Crippen LogP contribution in [-0.2, 0) is 6.61 Å². The van der Waals surface area contributed by atoms with Gasteiger partial charge in [0.15, 0.2) is 5.78 Å². The Balaban J connectivity index is 3.20. The molecule has 0 fully saturated rings. The summed E-state index contributed by atoms with van der Waals surface area (Å²) in [5, 5.41) is 9.50. The van der Waals surface area contributed by atoms with Crippen molar-refractivity contribution in [3.63, 3.8) is 0 Å². The maximum absolute atomic E-state index is 11.7. The average molecular weight is 278 g/mol. The van der Waals surface area contributed by atoms with Crippen molar-refractivity contribution < 1.29 is 9.90 Å². The third kappa shape index (κ3) is 2.35. The van der Waals surface area contributed by atoms with Crippen LogP contribution in [0.5, 0.6) is 0 Å². The molecule has 0 amide bonds. The standard InChI is InChI=1S/C10H10BrClO2/c1-6(11)10(14)7-3-2-4-9(12)8(7)5-13/h2-4,6,13H,5H2,1H3. The van der Waals surface area contributed by atoms with Gasteiger partial charge in [-0.1, -0.05) is 39.7 Å². The Morgan fingerprint density at radius 3 is 2.79 bits per heavy atom. The summed E-state index contributed by atoms with van der Waals surface area (Å²) in [6, 6.07) is 5.02. The first-order valence-corrected chi connectivity index (χ1v) is 5.43. The number of carbonyl (C=O) groups is 1. The predicted octanol–water partition coefficient (Wildman–Crippen LogP) is 2.80. The Hall–Kier alpha value is -0.380. The van der Waals surface area contributed by atoms with Gasteiger partial charge in [0.05, 0.1) is 11.4 Å². The molecule has 0 aliphatic carbocycles. The molecule has 0 saturated heterocycles. The fraction of sp³-hybridized carbons (Fsp3) is 0.300. The van der Waals surface area contributed by atoms with E-state index in [1.54, 1.807) is 25.1 Å². The van der Waals surface area contributed by atoms with Gasteiger partial charge < -0.3 is 5.11 Å². The van der Waals surface area contributed by atoms with Crippen LogP contribution in [0.3, 0.4) is 0 Å². The van der Waals surface area contributed by atoms with Crippen LogP contribution in [0.25, 0.3) is 0 Å². The normalized spacial score (nSPS) is 12.6. The van der Waals surface area contributed by atoms with Gasteiger partial charge in [-0.15, -0.1) is 0 Å². The summed E-state index contributed by atoms with van der Waals surface area (Å²) < 4.78 is 0. The second kappa shape index (κ2) is 4.91. The van der Waals surface area contributed by atoms with Gasteiger partial charge in [0.2, 0.25) is 0 Å². The van der Waals surface area contributed by atoms with E-state index in [1.165, 1.54) is 0 Å². The number of hydrogen-bond acceptors (Lipinski definition) is 2. The zero-order valence-corrected chi connectivity index (χ0v) is 9.97. The molecule has 0 heterocycles. The van der Waals surface area contributed by atoms with Crippen molar-refractivity contribution in [3.05, 3.63) is 34.3 Å². The first-order chi connectivity index (χ1) is 6.57. The van der Waals surface area contributed by atoms with E-state index in [4.69, 9.17) is 16.7 Å². The highest BCUT2D eigenvalue weighted by atomic mass is 79.9. The second-order valence-corrected chi connectivity index (χ2v) is 4.69. The van der Waals surface area contributed by atoms with Gasteiger partial charge in [0, 0.05) is 16.1 Å². The Morgan fingerprint density at radius 2 is 2.29 bits per heavy atom. The Kier molecular flexibility index (Phi) is 4.11. The van der Waals surface area contributed by atoms with Gasteiger partial charge in [-0.3, -0.25) is 4.79 Å². The number of carbonyl (C=O) groups excluding carboxylic acids is 1. The van der Waals surface area contributed by atoms with Crippen molar-refractivity contribution in [2.75, 3.05) is 0 Å². The smallest absolute Gasteiger partial charge is 0.176 e. The van der Waals surface area contributed by atoms with E-state index in [2.05, 4.69) is 15.9 Å². The molecule has 0 aliphatic heterocycles. The van der Waals surface area contributed by atoms with E-state index >= 15 is 0 Å². The number of aliphatic hydroxyl groups excluding tert-OH is 1. The number of ketones is 1. The van der Waals surface area contributed by atoms with Crippen LogP contribution < -0.4 is 0 Å². The summed E-state index contributed by atoms with van der Waals surface area (Å²) in [5.74, 6) is -0.0726. The lowest BCUT2D eigenvalue weighted by atomic mass is 10.0. The van der Waals surface area contributed by atoms with Crippen molar-refractivity contribution in [2.45, 2.75) is 18.4 Å². The highest BCUT2D eigenvalue weighted by Crippen LogP contribution is 2.22. The molecule has 1 N–H and O–H groups in total. The molecule has 1 atom stereocenters. The largest absolute Gasteiger partial charge is 0.392 e. The van der Waals surface area contributed by atoms with Gasteiger partial charge >= 0.3 is 0 Å². The van der Waals surface area contributed by atoms with Gasteiger partial charge in [0.25, 0.3) is 0 Å². The van der Waals surface area contributed by atoms with Crippen LogP contribution in [0.15, 0.2) is 18.2 Å². The van der Waals surface area contributed by atoms with Crippen molar-refractivity contribution >= 4 is 33.3 Å². The second-order valence-electron chi connectivity index (χ2n) is 2.90. The molecule has 1 rings (SSSR count). The SMILES string of the molecule is CC(Br)C(=O)c1cccc(Cl)c1CO. The summed E-state index contributed by atoms with van der Waals surface area (Å²) in [6.07, 6.45) is 0. The third-order valence-corrected chi connectivity index (χ3v) is 2.67. The van der Waals surface area contributed by atoms with E-state index in [9.17, 15) is 4.79 Å². The first-order valence-electron chi connectivity index (χ1n) is 4.14. The molecule has 2 nitrogen and oxygen atoms in total. The molecule has 1 aromatic rings. The van der Waals surface area contributed by atoms with Crippen LogP contribution in [0.1, 0.15) is 22.8 Å². The summed E-state index contributed by atoms with van der Waals surface area (Å²) >= 11 is 9.04. The summed E-state index contributed by atoms with van der Waals surface area (Å²) in [4.78, 5) is 11.4. The van der Waals surface area contributed by atoms with Crippen molar-refractivity contribution in [2.24, 2.45) is 0 Å². The quantitative estimate of drug-likeness (QED) is 0.681. The van der Waals surface area contributed by atoms with Gasteiger partial charge in [-0.2, -0.15) is 0 Å². The average Bonchev–Trinajstić information content (AvgIpc) is 2.16. The van der Waals surface area contributed by atoms with Crippen LogP contribution in [0, 0.1) is 0 Å². The zero-order valence-electron chi connectivity index (χ0n) is 7.63.